The predicted octanol–water partition coefficient (Wildman–Crippen LogP) is 3.17. The van der Waals surface area contributed by atoms with Crippen LogP contribution in [0.25, 0.3) is 0 Å². The van der Waals surface area contributed by atoms with E-state index in [9.17, 15) is 9.59 Å². The van der Waals surface area contributed by atoms with Gasteiger partial charge in [0.05, 0.1) is 0 Å². The van der Waals surface area contributed by atoms with E-state index in [4.69, 9.17) is 9.47 Å². The van der Waals surface area contributed by atoms with E-state index >= 15 is 0 Å². The number of carbonyl (C=O) groups is 2. The number of benzene rings is 1. The quantitative estimate of drug-likeness (QED) is 0.801. The molecule has 1 aromatic rings. The number of ether oxygens (including phenoxy) is 2. The molecule has 0 saturated heterocycles. The molecule has 120 valence electrons. The maximum absolute atomic E-state index is 12.2. The molecule has 5 heteroatoms. The number of esters is 1. The molecule has 0 aliphatic carbocycles. The van der Waals surface area contributed by atoms with Gasteiger partial charge in [-0.15, -0.1) is 0 Å². The minimum Gasteiger partial charge on any atom is -0.455 e. The lowest BCUT2D eigenvalue weighted by Crippen LogP contribution is -2.30. The number of hydrogen-bond donors (Lipinski definition) is 0. The van der Waals surface area contributed by atoms with Crippen molar-refractivity contribution in [3.8, 4) is 0 Å². The van der Waals surface area contributed by atoms with Gasteiger partial charge in [0.1, 0.15) is 12.7 Å². The second kappa shape index (κ2) is 7.13. The second-order valence-corrected chi connectivity index (χ2v) is 5.66. The molecule has 23 heavy (non-hydrogen) atoms. The van der Waals surface area contributed by atoms with Crippen LogP contribution >= 0.6 is 0 Å². The summed E-state index contributed by atoms with van der Waals surface area (Å²) >= 11 is 0. The highest BCUT2D eigenvalue weighted by molar-refractivity contribution is 5.84. The van der Waals surface area contributed by atoms with E-state index in [0.29, 0.717) is 13.0 Å². The molecular weight excluding hydrogens is 294 g/mol. The van der Waals surface area contributed by atoms with Crippen molar-refractivity contribution in [2.45, 2.75) is 32.0 Å². The van der Waals surface area contributed by atoms with Crippen LogP contribution in [-0.4, -0.2) is 29.6 Å². The van der Waals surface area contributed by atoms with Crippen LogP contribution in [0.15, 0.2) is 54.3 Å². The fourth-order valence-electron chi connectivity index (χ4n) is 2.71. The highest BCUT2D eigenvalue weighted by atomic mass is 16.6. The van der Waals surface area contributed by atoms with Gasteiger partial charge in [-0.05, 0) is 30.1 Å². The normalized spacial score (nSPS) is 20.2. The van der Waals surface area contributed by atoms with Crippen LogP contribution in [0.1, 0.15) is 24.8 Å². The van der Waals surface area contributed by atoms with Gasteiger partial charge in [0.25, 0.3) is 0 Å². The molecule has 0 N–H and O–H groups in total. The third kappa shape index (κ3) is 4.22. The van der Waals surface area contributed by atoms with E-state index in [1.807, 2.05) is 36.5 Å². The molecule has 0 bridgehead atoms. The summed E-state index contributed by atoms with van der Waals surface area (Å²) in [6.45, 7) is 0.916. The standard InChI is InChI=1S/C18H19NO4/c20-17-9-8-16(23-17)11-15-7-4-10-19(12-15)18(21)22-13-14-5-2-1-3-6-14/h1-3,5-6,8-9,12,16H,4,7,10-11,13H2. The van der Waals surface area contributed by atoms with Gasteiger partial charge in [0.15, 0.2) is 0 Å². The Morgan fingerprint density at radius 3 is 2.87 bits per heavy atom. The van der Waals surface area contributed by atoms with Gasteiger partial charge in [0.2, 0.25) is 0 Å². The Morgan fingerprint density at radius 1 is 1.30 bits per heavy atom. The molecular formula is C18H19NO4. The average molecular weight is 313 g/mol. The molecule has 0 radical (unpaired) electrons. The topological polar surface area (TPSA) is 55.8 Å². The van der Waals surface area contributed by atoms with Crippen LogP contribution < -0.4 is 0 Å². The SMILES string of the molecule is O=C1C=CC(CC2=CN(C(=O)OCc3ccccc3)CCC2)O1. The lowest BCUT2D eigenvalue weighted by molar-refractivity contribution is -0.138. The van der Waals surface area contributed by atoms with Gasteiger partial charge in [-0.2, -0.15) is 0 Å². The number of hydrogen-bond acceptors (Lipinski definition) is 4. The van der Waals surface area contributed by atoms with Gasteiger partial charge in [0, 0.05) is 25.2 Å². The maximum Gasteiger partial charge on any atom is 0.414 e. The van der Waals surface area contributed by atoms with Crippen molar-refractivity contribution in [2.75, 3.05) is 6.54 Å². The number of cyclic esters (lactones) is 1. The maximum atomic E-state index is 12.2. The Balaban J connectivity index is 1.54. The van der Waals surface area contributed by atoms with E-state index in [1.54, 1.807) is 11.0 Å². The van der Waals surface area contributed by atoms with Crippen molar-refractivity contribution in [1.29, 1.82) is 0 Å². The first-order chi connectivity index (χ1) is 11.2. The minimum atomic E-state index is -0.343. The number of amides is 1. The Labute approximate surface area is 135 Å². The Hall–Kier alpha value is -2.56. The third-order valence-corrected chi connectivity index (χ3v) is 3.85. The van der Waals surface area contributed by atoms with Crippen molar-refractivity contribution in [3.05, 3.63) is 59.8 Å². The first kappa shape index (κ1) is 15.3. The van der Waals surface area contributed by atoms with Gasteiger partial charge in [-0.3, -0.25) is 4.90 Å². The van der Waals surface area contributed by atoms with E-state index in [-0.39, 0.29) is 24.8 Å². The Morgan fingerprint density at radius 2 is 2.13 bits per heavy atom. The molecule has 2 aliphatic heterocycles. The largest absolute Gasteiger partial charge is 0.455 e. The predicted molar refractivity (Wildman–Crippen MR) is 84.3 cm³/mol. The second-order valence-electron chi connectivity index (χ2n) is 5.66. The smallest absolute Gasteiger partial charge is 0.414 e. The fraction of sp³-hybridized carbons (Fsp3) is 0.333. The zero-order valence-electron chi connectivity index (χ0n) is 12.8. The number of nitrogens with zero attached hydrogens (tertiary/aromatic N) is 1. The minimum absolute atomic E-state index is 0.214. The van der Waals surface area contributed by atoms with E-state index in [1.165, 1.54) is 6.08 Å². The van der Waals surface area contributed by atoms with Crippen molar-refractivity contribution < 1.29 is 19.1 Å². The van der Waals surface area contributed by atoms with Crippen LogP contribution in [0.2, 0.25) is 0 Å². The molecule has 0 saturated carbocycles. The third-order valence-electron chi connectivity index (χ3n) is 3.85. The molecule has 2 heterocycles. The summed E-state index contributed by atoms with van der Waals surface area (Å²) in [6, 6.07) is 9.60. The highest BCUT2D eigenvalue weighted by Gasteiger charge is 2.22. The summed E-state index contributed by atoms with van der Waals surface area (Å²) in [7, 11) is 0. The van der Waals surface area contributed by atoms with Crippen LogP contribution in [0.5, 0.6) is 0 Å². The summed E-state index contributed by atoms with van der Waals surface area (Å²) in [5.74, 6) is -0.300. The molecule has 0 aromatic heterocycles. The summed E-state index contributed by atoms with van der Waals surface area (Å²) in [6.07, 6.45) is 6.90. The van der Waals surface area contributed by atoms with E-state index in [0.717, 1.165) is 24.0 Å². The monoisotopic (exact) mass is 313 g/mol. The Bertz CT molecular complexity index is 636. The molecule has 5 nitrogen and oxygen atoms in total. The molecule has 1 atom stereocenters. The first-order valence-corrected chi connectivity index (χ1v) is 7.76. The lowest BCUT2D eigenvalue weighted by Gasteiger charge is -2.25. The fourth-order valence-corrected chi connectivity index (χ4v) is 2.71. The molecule has 1 aromatic carbocycles. The molecule has 2 aliphatic rings. The Kier molecular flexibility index (Phi) is 4.76. The van der Waals surface area contributed by atoms with Crippen molar-refractivity contribution >= 4 is 12.1 Å². The van der Waals surface area contributed by atoms with Gasteiger partial charge in [-0.25, -0.2) is 9.59 Å². The van der Waals surface area contributed by atoms with Crippen molar-refractivity contribution in [1.82, 2.24) is 4.90 Å². The van der Waals surface area contributed by atoms with Gasteiger partial charge >= 0.3 is 12.1 Å². The lowest BCUT2D eigenvalue weighted by atomic mass is 10.0. The van der Waals surface area contributed by atoms with Crippen LogP contribution in [0.4, 0.5) is 4.79 Å². The van der Waals surface area contributed by atoms with Crippen LogP contribution in [0.3, 0.4) is 0 Å². The van der Waals surface area contributed by atoms with Gasteiger partial charge < -0.3 is 9.47 Å². The van der Waals surface area contributed by atoms with Crippen LogP contribution in [0, 0.1) is 0 Å². The molecule has 3 rings (SSSR count). The number of carbonyl (C=O) groups excluding carboxylic acids is 2. The molecule has 0 spiro atoms. The number of rotatable bonds is 4. The van der Waals surface area contributed by atoms with E-state index in [2.05, 4.69) is 0 Å². The summed E-state index contributed by atoms with van der Waals surface area (Å²) in [5, 5.41) is 0. The van der Waals surface area contributed by atoms with Gasteiger partial charge in [-0.1, -0.05) is 30.3 Å². The zero-order chi connectivity index (χ0) is 16.1. The average Bonchev–Trinajstić information content (AvgIpc) is 2.99. The molecule has 1 unspecified atom stereocenters. The molecule has 1 amide bonds. The summed E-state index contributed by atoms with van der Waals surface area (Å²) in [5.41, 5.74) is 2.06. The molecule has 0 fully saturated rings. The summed E-state index contributed by atoms with van der Waals surface area (Å²) < 4.78 is 10.5. The van der Waals surface area contributed by atoms with Crippen molar-refractivity contribution in [2.24, 2.45) is 0 Å². The van der Waals surface area contributed by atoms with E-state index < -0.39 is 0 Å². The highest BCUT2D eigenvalue weighted by Crippen LogP contribution is 2.23. The van der Waals surface area contributed by atoms with Crippen molar-refractivity contribution in [3.63, 3.8) is 0 Å². The zero-order valence-corrected chi connectivity index (χ0v) is 12.8. The summed E-state index contributed by atoms with van der Waals surface area (Å²) in [4.78, 5) is 24.8. The van der Waals surface area contributed by atoms with Crippen LogP contribution in [-0.2, 0) is 20.9 Å². The first-order valence-electron chi connectivity index (χ1n) is 7.76.